The molecule has 0 N–H and O–H groups in total. The van der Waals surface area contributed by atoms with Crippen molar-refractivity contribution in [2.75, 3.05) is 0 Å². The van der Waals surface area contributed by atoms with Crippen LogP contribution in [0.15, 0.2) is 4.79 Å². The molecule has 1 unspecified atom stereocenters. The minimum Gasteiger partial charge on any atom is -0.284 e. The van der Waals surface area contributed by atoms with Gasteiger partial charge in [-0.25, -0.2) is 4.98 Å². The predicted octanol–water partition coefficient (Wildman–Crippen LogP) is 3.80. The lowest BCUT2D eigenvalue weighted by Gasteiger charge is -2.33. The van der Waals surface area contributed by atoms with E-state index in [1.165, 1.54) is 10.4 Å². The van der Waals surface area contributed by atoms with Crippen molar-refractivity contribution in [3.05, 3.63) is 26.6 Å². The Morgan fingerprint density at radius 2 is 2.17 bits per heavy atom. The molecular formula is C19H24N2OS. The van der Waals surface area contributed by atoms with Crippen LogP contribution < -0.4 is 5.56 Å². The summed E-state index contributed by atoms with van der Waals surface area (Å²) in [5.41, 5.74) is 1.59. The Hall–Kier alpha value is -1.60. The second-order valence-corrected chi connectivity index (χ2v) is 8.55. The fraction of sp³-hybridized carbons (Fsp3) is 0.579. The number of fused-ring (bicyclic) bond motifs is 3. The van der Waals surface area contributed by atoms with Crippen LogP contribution in [0.25, 0.3) is 10.2 Å². The number of aromatic nitrogens is 2. The molecule has 2 heterocycles. The van der Waals surface area contributed by atoms with Crippen molar-refractivity contribution in [1.82, 2.24) is 9.55 Å². The van der Waals surface area contributed by atoms with Crippen LogP contribution in [0.1, 0.15) is 50.4 Å². The second kappa shape index (κ2) is 5.79. The maximum atomic E-state index is 12.9. The van der Waals surface area contributed by atoms with Gasteiger partial charge in [0.25, 0.3) is 5.56 Å². The lowest BCUT2D eigenvalue weighted by molar-refractivity contribution is 0.218. The Bertz CT molecular complexity index is 845. The van der Waals surface area contributed by atoms with Gasteiger partial charge in [0.1, 0.15) is 10.7 Å². The molecule has 0 saturated heterocycles. The molecule has 1 aliphatic carbocycles. The van der Waals surface area contributed by atoms with E-state index in [9.17, 15) is 4.79 Å². The van der Waals surface area contributed by atoms with E-state index in [-0.39, 0.29) is 5.56 Å². The summed E-state index contributed by atoms with van der Waals surface area (Å²) in [4.78, 5) is 20.0. The Morgan fingerprint density at radius 1 is 1.43 bits per heavy atom. The van der Waals surface area contributed by atoms with Crippen LogP contribution >= 0.6 is 11.3 Å². The minimum atomic E-state index is 0.0523. The molecule has 4 heteroatoms. The Balaban J connectivity index is 2.17. The van der Waals surface area contributed by atoms with Crippen LogP contribution in [-0.4, -0.2) is 9.55 Å². The van der Waals surface area contributed by atoms with Crippen LogP contribution in [0.5, 0.6) is 0 Å². The molecule has 0 radical (unpaired) electrons. The number of hydrogen-bond acceptors (Lipinski definition) is 3. The number of hydrogen-bond donors (Lipinski definition) is 0. The molecule has 0 fully saturated rings. The molecule has 2 aromatic heterocycles. The van der Waals surface area contributed by atoms with Crippen LogP contribution in [0.3, 0.4) is 0 Å². The van der Waals surface area contributed by atoms with Crippen LogP contribution in [0.4, 0.5) is 0 Å². The van der Waals surface area contributed by atoms with Crippen LogP contribution in [-0.2, 0) is 25.8 Å². The third-order valence-electron chi connectivity index (χ3n) is 5.04. The van der Waals surface area contributed by atoms with Gasteiger partial charge in [0, 0.05) is 11.3 Å². The van der Waals surface area contributed by atoms with Crippen LogP contribution in [0.2, 0.25) is 0 Å². The molecule has 122 valence electrons. The summed E-state index contributed by atoms with van der Waals surface area (Å²) in [5, 5.41) is 0.824. The molecule has 0 aromatic carbocycles. The Morgan fingerprint density at radius 3 is 2.78 bits per heavy atom. The highest BCUT2D eigenvalue weighted by atomic mass is 32.1. The molecular weight excluding hydrogens is 304 g/mol. The first-order chi connectivity index (χ1) is 10.9. The number of thiophene rings is 1. The molecule has 3 rings (SSSR count). The largest absolute Gasteiger partial charge is 0.284 e. The Kier molecular flexibility index (Phi) is 4.10. The highest BCUT2D eigenvalue weighted by Gasteiger charge is 2.32. The third kappa shape index (κ3) is 2.72. The molecule has 0 saturated carbocycles. The molecule has 1 aliphatic rings. The van der Waals surface area contributed by atoms with E-state index in [1.54, 1.807) is 15.9 Å². The molecule has 0 spiro atoms. The number of terminal acetylenes is 1. The third-order valence-corrected chi connectivity index (χ3v) is 6.19. The zero-order chi connectivity index (χ0) is 16.8. The van der Waals surface area contributed by atoms with Gasteiger partial charge in [-0.15, -0.1) is 17.8 Å². The molecule has 3 nitrogen and oxygen atoms in total. The van der Waals surface area contributed by atoms with Gasteiger partial charge >= 0.3 is 0 Å². The van der Waals surface area contributed by atoms with E-state index in [4.69, 9.17) is 11.4 Å². The first kappa shape index (κ1) is 16.3. The lowest BCUT2D eigenvalue weighted by atomic mass is 9.72. The fourth-order valence-electron chi connectivity index (χ4n) is 3.56. The van der Waals surface area contributed by atoms with Gasteiger partial charge in [0.2, 0.25) is 0 Å². The maximum Gasteiger partial charge on any atom is 0.263 e. The number of nitrogens with zero attached hydrogens (tertiary/aromatic N) is 2. The van der Waals surface area contributed by atoms with E-state index in [0.29, 0.717) is 17.9 Å². The minimum absolute atomic E-state index is 0.0523. The van der Waals surface area contributed by atoms with Crippen molar-refractivity contribution < 1.29 is 0 Å². The van der Waals surface area contributed by atoms with Gasteiger partial charge in [-0.3, -0.25) is 9.36 Å². The van der Waals surface area contributed by atoms with Gasteiger partial charge < -0.3 is 0 Å². The molecule has 0 amide bonds. The topological polar surface area (TPSA) is 34.9 Å². The molecule has 1 atom stereocenters. The van der Waals surface area contributed by atoms with Gasteiger partial charge in [-0.05, 0) is 36.2 Å². The zero-order valence-corrected chi connectivity index (χ0v) is 15.2. The average molecular weight is 328 g/mol. The maximum absolute atomic E-state index is 12.9. The standard InChI is InChI=1S/C19H24N2OS/c1-6-10-21-15(7-2)20-17-16(18(21)22)13-9-8-12(19(3,4)5)11-14(13)23-17/h1,12H,7-11H2,2-5H3. The van der Waals surface area contributed by atoms with E-state index < -0.39 is 0 Å². The summed E-state index contributed by atoms with van der Waals surface area (Å²) in [6.45, 7) is 9.25. The van der Waals surface area contributed by atoms with Crippen molar-refractivity contribution in [3.63, 3.8) is 0 Å². The summed E-state index contributed by atoms with van der Waals surface area (Å²) >= 11 is 1.71. The SMILES string of the molecule is C#CCn1c(CC)nc2sc3c(c2c1=O)CCC(C(C)(C)C)C3. The Labute approximate surface area is 141 Å². The quantitative estimate of drug-likeness (QED) is 0.786. The van der Waals surface area contributed by atoms with E-state index >= 15 is 0 Å². The molecule has 2 aromatic rings. The van der Waals surface area contributed by atoms with Crippen molar-refractivity contribution in [2.24, 2.45) is 11.3 Å². The van der Waals surface area contributed by atoms with Gasteiger partial charge in [-0.1, -0.05) is 33.6 Å². The van der Waals surface area contributed by atoms with E-state index in [2.05, 4.69) is 26.7 Å². The average Bonchev–Trinajstić information content (AvgIpc) is 2.86. The van der Waals surface area contributed by atoms with Crippen molar-refractivity contribution in [3.8, 4) is 12.3 Å². The molecule has 0 bridgehead atoms. The van der Waals surface area contributed by atoms with E-state index in [0.717, 1.165) is 41.7 Å². The highest BCUT2D eigenvalue weighted by Crippen LogP contribution is 2.42. The first-order valence-electron chi connectivity index (χ1n) is 8.34. The van der Waals surface area contributed by atoms with Crippen molar-refractivity contribution in [2.45, 2.75) is 59.9 Å². The van der Waals surface area contributed by atoms with Gasteiger partial charge in [-0.2, -0.15) is 0 Å². The number of rotatable bonds is 2. The summed E-state index contributed by atoms with van der Waals surface area (Å²) in [7, 11) is 0. The number of aryl methyl sites for hydroxylation is 2. The van der Waals surface area contributed by atoms with Gasteiger partial charge in [0.15, 0.2) is 0 Å². The highest BCUT2D eigenvalue weighted by molar-refractivity contribution is 7.18. The monoisotopic (exact) mass is 328 g/mol. The predicted molar refractivity (Wildman–Crippen MR) is 97.1 cm³/mol. The smallest absolute Gasteiger partial charge is 0.263 e. The summed E-state index contributed by atoms with van der Waals surface area (Å²) in [6, 6.07) is 0. The first-order valence-corrected chi connectivity index (χ1v) is 9.15. The zero-order valence-electron chi connectivity index (χ0n) is 14.4. The van der Waals surface area contributed by atoms with Crippen LogP contribution in [0, 0.1) is 23.7 Å². The normalized spacial score (nSPS) is 18.0. The molecule has 23 heavy (non-hydrogen) atoms. The fourth-order valence-corrected chi connectivity index (χ4v) is 4.87. The van der Waals surface area contributed by atoms with E-state index in [1.807, 2.05) is 6.92 Å². The van der Waals surface area contributed by atoms with Crippen molar-refractivity contribution >= 4 is 21.6 Å². The summed E-state index contributed by atoms with van der Waals surface area (Å²) in [5.74, 6) is 4.06. The summed E-state index contributed by atoms with van der Waals surface area (Å²) < 4.78 is 1.67. The van der Waals surface area contributed by atoms with Gasteiger partial charge in [0.05, 0.1) is 11.9 Å². The second-order valence-electron chi connectivity index (χ2n) is 7.47. The molecule has 0 aliphatic heterocycles. The van der Waals surface area contributed by atoms with Crippen molar-refractivity contribution in [1.29, 1.82) is 0 Å². The lowest BCUT2D eigenvalue weighted by Crippen LogP contribution is -2.28. The summed E-state index contributed by atoms with van der Waals surface area (Å²) in [6.07, 6.45) is 9.36.